The molecule has 0 saturated carbocycles. The fourth-order valence-corrected chi connectivity index (χ4v) is 4.02. The fourth-order valence-electron chi connectivity index (χ4n) is 4.02. The van der Waals surface area contributed by atoms with Gasteiger partial charge in [0.2, 0.25) is 0 Å². The van der Waals surface area contributed by atoms with Crippen LogP contribution in [-0.2, 0) is 6.54 Å². The molecule has 4 heterocycles. The Bertz CT molecular complexity index is 1090. The largest absolute Gasteiger partial charge is 0.356 e. The van der Waals surface area contributed by atoms with Crippen molar-refractivity contribution in [3.05, 3.63) is 42.2 Å². The lowest BCUT2D eigenvalue weighted by atomic mass is 9.94. The molecule has 5 rings (SSSR count). The Balaban J connectivity index is 1.33. The number of nitrogens with one attached hydrogen (secondary N) is 2. The van der Waals surface area contributed by atoms with E-state index in [0.717, 1.165) is 58.9 Å². The molecule has 7 heteroatoms. The minimum atomic E-state index is 0.702. The fraction of sp³-hybridized carbons (Fsp3) is 0.381. The Morgan fingerprint density at radius 1 is 1.25 bits per heavy atom. The van der Waals surface area contributed by atoms with Crippen LogP contribution in [0.3, 0.4) is 0 Å². The van der Waals surface area contributed by atoms with E-state index in [-0.39, 0.29) is 0 Å². The Labute approximate surface area is 163 Å². The van der Waals surface area contributed by atoms with Crippen LogP contribution < -0.4 is 5.32 Å². The van der Waals surface area contributed by atoms with Crippen LogP contribution in [0.25, 0.3) is 22.0 Å². The first-order valence-corrected chi connectivity index (χ1v) is 9.97. The second-order valence-electron chi connectivity index (χ2n) is 7.56. The van der Waals surface area contributed by atoms with E-state index in [1.54, 1.807) is 6.20 Å². The van der Waals surface area contributed by atoms with Gasteiger partial charge >= 0.3 is 0 Å². The third-order valence-electron chi connectivity index (χ3n) is 5.79. The molecule has 1 aliphatic heterocycles. The predicted octanol–water partition coefficient (Wildman–Crippen LogP) is 4.46. The maximum Gasteiger partial charge on any atom is 0.178 e. The zero-order valence-corrected chi connectivity index (χ0v) is 16.0. The van der Waals surface area contributed by atoms with Gasteiger partial charge < -0.3 is 9.84 Å². The van der Waals surface area contributed by atoms with E-state index in [4.69, 9.17) is 4.52 Å². The van der Waals surface area contributed by atoms with Gasteiger partial charge in [-0.15, -0.1) is 0 Å². The molecule has 144 valence electrons. The van der Waals surface area contributed by atoms with Crippen molar-refractivity contribution in [1.29, 1.82) is 0 Å². The van der Waals surface area contributed by atoms with Crippen LogP contribution in [0.2, 0.25) is 0 Å². The topological polar surface area (TPSA) is 82.9 Å². The summed E-state index contributed by atoms with van der Waals surface area (Å²) < 4.78 is 5.62. The second kappa shape index (κ2) is 7.24. The number of H-pyrrole nitrogens is 1. The average Bonchev–Trinajstić information content (AvgIpc) is 3.33. The smallest absolute Gasteiger partial charge is 0.178 e. The molecule has 1 aliphatic rings. The number of aromatic nitrogens is 4. The van der Waals surface area contributed by atoms with Crippen molar-refractivity contribution in [1.82, 2.24) is 25.2 Å². The van der Waals surface area contributed by atoms with E-state index in [9.17, 15) is 0 Å². The van der Waals surface area contributed by atoms with Crippen LogP contribution >= 0.6 is 0 Å². The first kappa shape index (κ1) is 17.2. The lowest BCUT2D eigenvalue weighted by Gasteiger charge is -2.30. The summed E-state index contributed by atoms with van der Waals surface area (Å²) in [4.78, 5) is 6.87. The molecule has 1 saturated heterocycles. The highest BCUT2D eigenvalue weighted by Gasteiger charge is 2.20. The molecule has 0 atom stereocenters. The van der Waals surface area contributed by atoms with Crippen molar-refractivity contribution in [2.45, 2.75) is 32.7 Å². The van der Waals surface area contributed by atoms with Gasteiger partial charge in [0.1, 0.15) is 11.2 Å². The number of aromatic amines is 1. The molecule has 2 N–H and O–H groups in total. The van der Waals surface area contributed by atoms with Gasteiger partial charge in [-0.2, -0.15) is 5.10 Å². The van der Waals surface area contributed by atoms with Gasteiger partial charge in [-0.1, -0.05) is 18.5 Å². The van der Waals surface area contributed by atoms with Gasteiger partial charge in [-0.3, -0.25) is 15.0 Å². The molecule has 1 aromatic carbocycles. The first-order valence-electron chi connectivity index (χ1n) is 9.97. The van der Waals surface area contributed by atoms with Crippen LogP contribution in [0, 0.1) is 5.92 Å². The maximum atomic E-state index is 5.62. The molecule has 0 radical (unpaired) electrons. The molecular weight excluding hydrogens is 352 g/mol. The molecule has 28 heavy (non-hydrogen) atoms. The summed E-state index contributed by atoms with van der Waals surface area (Å²) >= 11 is 0. The number of pyridine rings is 1. The normalized spacial score (nSPS) is 16.2. The number of benzene rings is 1. The van der Waals surface area contributed by atoms with E-state index < -0.39 is 0 Å². The highest BCUT2D eigenvalue weighted by molar-refractivity contribution is 5.89. The third-order valence-corrected chi connectivity index (χ3v) is 5.79. The van der Waals surface area contributed by atoms with E-state index in [2.05, 4.69) is 43.5 Å². The van der Waals surface area contributed by atoms with Crippen molar-refractivity contribution in [3.8, 4) is 0 Å². The van der Waals surface area contributed by atoms with Gasteiger partial charge in [0.15, 0.2) is 11.4 Å². The highest BCUT2D eigenvalue weighted by atomic mass is 16.5. The van der Waals surface area contributed by atoms with Gasteiger partial charge in [0.25, 0.3) is 0 Å². The van der Waals surface area contributed by atoms with Crippen LogP contribution in [0.1, 0.15) is 31.9 Å². The van der Waals surface area contributed by atoms with E-state index in [1.807, 2.05) is 24.3 Å². The van der Waals surface area contributed by atoms with Crippen LogP contribution in [0.5, 0.6) is 0 Å². The zero-order chi connectivity index (χ0) is 18.9. The molecule has 0 amide bonds. The van der Waals surface area contributed by atoms with Gasteiger partial charge in [-0.25, -0.2) is 0 Å². The minimum absolute atomic E-state index is 0.702. The van der Waals surface area contributed by atoms with Gasteiger partial charge in [0, 0.05) is 29.9 Å². The molecule has 0 aliphatic carbocycles. The number of nitrogens with zero attached hydrogens (tertiary/aromatic N) is 4. The number of hydrogen-bond donors (Lipinski definition) is 2. The number of rotatable bonds is 5. The molecule has 0 bridgehead atoms. The highest BCUT2D eigenvalue weighted by Crippen LogP contribution is 2.28. The number of piperidine rings is 1. The standard InChI is InChI=1S/C21H24N6O/c1-2-14-7-10-27(11-8-14)13-18-16-6-5-15(12-19(16)28-26-18)23-21-20-17(24-25-21)4-3-9-22-20/h3-6,9,12,14H,2,7-8,10-11,13H2,1H3,(H2,23,24,25). The average molecular weight is 376 g/mol. The Kier molecular flexibility index (Phi) is 4.44. The second-order valence-corrected chi connectivity index (χ2v) is 7.56. The first-order chi connectivity index (χ1) is 13.8. The quantitative estimate of drug-likeness (QED) is 0.535. The number of fused-ring (bicyclic) bond motifs is 2. The van der Waals surface area contributed by atoms with Crippen LogP contribution in [0.15, 0.2) is 41.1 Å². The van der Waals surface area contributed by atoms with E-state index in [0.29, 0.717) is 5.82 Å². The summed E-state index contributed by atoms with van der Waals surface area (Å²) in [5.41, 5.74) is 4.42. The summed E-state index contributed by atoms with van der Waals surface area (Å²) in [6, 6.07) is 9.92. The molecule has 4 aromatic rings. The Morgan fingerprint density at radius 3 is 3.00 bits per heavy atom. The van der Waals surface area contributed by atoms with E-state index >= 15 is 0 Å². The molecule has 3 aromatic heterocycles. The maximum absolute atomic E-state index is 5.62. The minimum Gasteiger partial charge on any atom is -0.356 e. The molecule has 0 unspecified atom stereocenters. The summed E-state index contributed by atoms with van der Waals surface area (Å²) in [7, 11) is 0. The Morgan fingerprint density at radius 2 is 2.14 bits per heavy atom. The molecule has 1 fully saturated rings. The summed E-state index contributed by atoms with van der Waals surface area (Å²) in [5, 5.41) is 16.0. The van der Waals surface area contributed by atoms with Crippen molar-refractivity contribution in [2.24, 2.45) is 5.92 Å². The number of hydrogen-bond acceptors (Lipinski definition) is 6. The third kappa shape index (κ3) is 3.22. The van der Waals surface area contributed by atoms with Crippen LogP contribution in [0.4, 0.5) is 11.5 Å². The van der Waals surface area contributed by atoms with Crippen molar-refractivity contribution < 1.29 is 4.52 Å². The zero-order valence-electron chi connectivity index (χ0n) is 16.0. The molecule has 0 spiro atoms. The van der Waals surface area contributed by atoms with Crippen molar-refractivity contribution in [3.63, 3.8) is 0 Å². The lowest BCUT2D eigenvalue weighted by Crippen LogP contribution is -2.33. The van der Waals surface area contributed by atoms with Crippen LogP contribution in [-0.4, -0.2) is 38.3 Å². The molecular formula is C21H24N6O. The Hall–Kier alpha value is -2.93. The molecule has 7 nitrogen and oxygen atoms in total. The van der Waals surface area contributed by atoms with E-state index in [1.165, 1.54) is 19.3 Å². The van der Waals surface area contributed by atoms with Gasteiger partial charge in [0.05, 0.1) is 5.52 Å². The van der Waals surface area contributed by atoms with Gasteiger partial charge in [-0.05, 0) is 56.1 Å². The monoisotopic (exact) mass is 376 g/mol. The van der Waals surface area contributed by atoms with Crippen molar-refractivity contribution in [2.75, 3.05) is 18.4 Å². The SMILES string of the molecule is CCC1CCN(Cc2noc3cc(Nc4n[nH]c5cccnc45)ccc23)CC1. The number of likely N-dealkylation sites (tertiary alicyclic amines) is 1. The number of anilines is 2. The summed E-state index contributed by atoms with van der Waals surface area (Å²) in [5.74, 6) is 1.58. The predicted molar refractivity (Wildman–Crippen MR) is 109 cm³/mol. The summed E-state index contributed by atoms with van der Waals surface area (Å²) in [6.07, 6.45) is 5.62. The van der Waals surface area contributed by atoms with Crippen molar-refractivity contribution >= 4 is 33.5 Å². The summed E-state index contributed by atoms with van der Waals surface area (Å²) in [6.45, 7) is 5.43. The lowest BCUT2D eigenvalue weighted by molar-refractivity contribution is 0.172.